The number of rotatable bonds is 3. The summed E-state index contributed by atoms with van der Waals surface area (Å²) >= 11 is 6.02. The van der Waals surface area contributed by atoms with Gasteiger partial charge in [-0.25, -0.2) is 0 Å². The summed E-state index contributed by atoms with van der Waals surface area (Å²) in [4.78, 5) is 24.1. The van der Waals surface area contributed by atoms with Crippen molar-refractivity contribution in [3.05, 3.63) is 55.8 Å². The summed E-state index contributed by atoms with van der Waals surface area (Å²) in [6.07, 6.45) is 2.81. The smallest absolute Gasteiger partial charge is 0.321 e. The third-order valence-corrected chi connectivity index (χ3v) is 3.43. The summed E-state index contributed by atoms with van der Waals surface area (Å²) in [5, 5.41) is 9.12. The Morgan fingerprint density at radius 3 is 2.62 bits per heavy atom. The average molecular weight is 306 g/mol. The van der Waals surface area contributed by atoms with Crippen LogP contribution in [0.4, 0.5) is 0 Å². The first-order valence-electron chi connectivity index (χ1n) is 6.03. The minimum atomic E-state index is -0.770. The number of aromatic nitrogens is 2. The highest BCUT2D eigenvalue weighted by Gasteiger charge is 2.13. The topological polar surface area (TPSA) is 77.0 Å². The van der Waals surface area contributed by atoms with Gasteiger partial charge in [0.15, 0.2) is 0 Å². The number of hydrogen-bond acceptors (Lipinski definition) is 4. The molecule has 0 N–H and O–H groups in total. The highest BCUT2D eigenvalue weighted by atomic mass is 35.5. The fourth-order valence-corrected chi connectivity index (χ4v) is 2.05. The largest absolute Gasteiger partial charge is 0.495 e. The van der Waals surface area contributed by atoms with Crippen molar-refractivity contribution in [3.8, 4) is 17.5 Å². The first-order valence-corrected chi connectivity index (χ1v) is 6.41. The van der Waals surface area contributed by atoms with Crippen LogP contribution in [0.1, 0.15) is 5.56 Å². The lowest BCUT2D eigenvalue weighted by Crippen LogP contribution is -2.39. The second-order valence-corrected chi connectivity index (χ2v) is 4.74. The van der Waals surface area contributed by atoms with Gasteiger partial charge in [0.1, 0.15) is 12.3 Å². The van der Waals surface area contributed by atoms with Gasteiger partial charge in [0.25, 0.3) is 0 Å². The highest BCUT2D eigenvalue weighted by molar-refractivity contribution is 6.31. The van der Waals surface area contributed by atoms with Gasteiger partial charge in [-0.05, 0) is 18.6 Å². The summed E-state index contributed by atoms with van der Waals surface area (Å²) < 4.78 is 7.43. The molecule has 0 aliphatic carbocycles. The van der Waals surface area contributed by atoms with Crippen molar-refractivity contribution in [2.75, 3.05) is 7.11 Å². The number of benzene rings is 1. The molecule has 1 aromatic carbocycles. The molecule has 0 aliphatic heterocycles. The normalized spacial score (nSPS) is 10.2. The van der Waals surface area contributed by atoms with Gasteiger partial charge in [0.2, 0.25) is 0 Å². The van der Waals surface area contributed by atoms with E-state index in [0.29, 0.717) is 16.5 Å². The fraction of sp³-hybridized carbons (Fsp3) is 0.214. The maximum absolute atomic E-state index is 12.2. The van der Waals surface area contributed by atoms with Crippen molar-refractivity contribution >= 4 is 11.6 Å². The van der Waals surface area contributed by atoms with E-state index in [4.69, 9.17) is 21.6 Å². The zero-order valence-corrected chi connectivity index (χ0v) is 12.2. The third-order valence-electron chi connectivity index (χ3n) is 3.02. The molecule has 1 aromatic heterocycles. The summed E-state index contributed by atoms with van der Waals surface area (Å²) in [5.41, 5.74) is -0.354. The number of aryl methyl sites for hydroxylation is 1. The van der Waals surface area contributed by atoms with Crippen LogP contribution in [-0.4, -0.2) is 16.2 Å². The molecule has 0 aliphatic rings. The standard InChI is InChI=1S/C14H12ClN3O3/c1-9-7-11(12(21-2)8-10(9)15)18-6-5-17(4-3-16)13(19)14(18)20/h5-8H,4H2,1-2H3. The van der Waals surface area contributed by atoms with Gasteiger partial charge in [0, 0.05) is 23.5 Å². The lowest BCUT2D eigenvalue weighted by atomic mass is 10.2. The molecule has 0 atom stereocenters. The third kappa shape index (κ3) is 2.69. The van der Waals surface area contributed by atoms with Gasteiger partial charge < -0.3 is 4.74 Å². The van der Waals surface area contributed by atoms with Gasteiger partial charge in [-0.15, -0.1) is 0 Å². The quantitative estimate of drug-likeness (QED) is 0.805. The van der Waals surface area contributed by atoms with Crippen molar-refractivity contribution in [2.45, 2.75) is 13.5 Å². The molecule has 0 radical (unpaired) electrons. The Labute approximate surface area is 125 Å². The van der Waals surface area contributed by atoms with E-state index in [1.807, 2.05) is 6.07 Å². The fourth-order valence-electron chi connectivity index (χ4n) is 1.90. The van der Waals surface area contributed by atoms with Gasteiger partial charge in [-0.2, -0.15) is 5.26 Å². The van der Waals surface area contributed by atoms with Crippen LogP contribution in [0.3, 0.4) is 0 Å². The predicted octanol–water partition coefficient (Wildman–Crippen LogP) is 1.49. The number of nitrogens with zero attached hydrogens (tertiary/aromatic N) is 3. The molecule has 0 amide bonds. The van der Waals surface area contributed by atoms with Crippen molar-refractivity contribution in [2.24, 2.45) is 0 Å². The van der Waals surface area contributed by atoms with E-state index in [1.165, 1.54) is 24.1 Å². The van der Waals surface area contributed by atoms with Crippen molar-refractivity contribution in [1.29, 1.82) is 5.26 Å². The highest BCUT2D eigenvalue weighted by Crippen LogP contribution is 2.28. The Kier molecular flexibility index (Phi) is 4.15. The van der Waals surface area contributed by atoms with Crippen LogP contribution in [0.5, 0.6) is 5.75 Å². The second kappa shape index (κ2) is 5.85. The number of nitriles is 1. The van der Waals surface area contributed by atoms with Crippen LogP contribution in [0.2, 0.25) is 5.02 Å². The zero-order valence-electron chi connectivity index (χ0n) is 11.5. The molecule has 1 heterocycles. The molecule has 2 rings (SSSR count). The number of hydrogen-bond donors (Lipinski definition) is 0. The minimum Gasteiger partial charge on any atom is -0.495 e. The lowest BCUT2D eigenvalue weighted by molar-refractivity contribution is 0.412. The molecular weight excluding hydrogens is 294 g/mol. The van der Waals surface area contributed by atoms with Gasteiger partial charge in [-0.3, -0.25) is 18.7 Å². The second-order valence-electron chi connectivity index (χ2n) is 4.34. The first kappa shape index (κ1) is 14.9. The number of methoxy groups -OCH3 is 1. The van der Waals surface area contributed by atoms with E-state index >= 15 is 0 Å². The molecule has 21 heavy (non-hydrogen) atoms. The Morgan fingerprint density at radius 2 is 2.00 bits per heavy atom. The van der Waals surface area contributed by atoms with Gasteiger partial charge >= 0.3 is 11.1 Å². The van der Waals surface area contributed by atoms with Crippen molar-refractivity contribution in [3.63, 3.8) is 0 Å². The number of ether oxygens (including phenoxy) is 1. The summed E-state index contributed by atoms with van der Waals surface area (Å²) in [6, 6.07) is 5.07. The molecule has 0 saturated carbocycles. The van der Waals surface area contributed by atoms with E-state index in [-0.39, 0.29) is 6.54 Å². The van der Waals surface area contributed by atoms with Crippen LogP contribution >= 0.6 is 11.6 Å². The first-order chi connectivity index (χ1) is 9.99. The summed E-state index contributed by atoms with van der Waals surface area (Å²) in [7, 11) is 1.45. The molecule has 2 aromatic rings. The van der Waals surface area contributed by atoms with Crippen LogP contribution < -0.4 is 15.9 Å². The van der Waals surface area contributed by atoms with Gasteiger partial charge in [0.05, 0.1) is 18.9 Å². The Morgan fingerprint density at radius 1 is 1.29 bits per heavy atom. The molecular formula is C14H12ClN3O3. The van der Waals surface area contributed by atoms with Crippen LogP contribution in [0, 0.1) is 18.3 Å². The molecule has 7 heteroatoms. The van der Waals surface area contributed by atoms with Crippen molar-refractivity contribution in [1.82, 2.24) is 9.13 Å². The van der Waals surface area contributed by atoms with E-state index in [1.54, 1.807) is 19.1 Å². The lowest BCUT2D eigenvalue weighted by Gasteiger charge is -2.13. The monoisotopic (exact) mass is 305 g/mol. The average Bonchev–Trinajstić information content (AvgIpc) is 2.47. The van der Waals surface area contributed by atoms with E-state index in [9.17, 15) is 9.59 Å². The van der Waals surface area contributed by atoms with Gasteiger partial charge in [-0.1, -0.05) is 11.6 Å². The molecule has 0 bridgehead atoms. The van der Waals surface area contributed by atoms with Crippen LogP contribution in [-0.2, 0) is 6.54 Å². The molecule has 108 valence electrons. The van der Waals surface area contributed by atoms with Crippen LogP contribution in [0.15, 0.2) is 34.1 Å². The van der Waals surface area contributed by atoms with Crippen molar-refractivity contribution < 1.29 is 4.74 Å². The van der Waals surface area contributed by atoms with E-state index in [0.717, 1.165) is 10.1 Å². The zero-order chi connectivity index (χ0) is 15.6. The predicted molar refractivity (Wildman–Crippen MR) is 78.2 cm³/mol. The molecule has 0 fully saturated rings. The maximum Gasteiger partial charge on any atom is 0.321 e. The van der Waals surface area contributed by atoms with E-state index < -0.39 is 11.1 Å². The Bertz CT molecular complexity index is 846. The van der Waals surface area contributed by atoms with E-state index in [2.05, 4.69) is 0 Å². The number of halogens is 1. The van der Waals surface area contributed by atoms with Crippen LogP contribution in [0.25, 0.3) is 5.69 Å². The molecule has 0 unspecified atom stereocenters. The Balaban J connectivity index is 2.72. The maximum atomic E-state index is 12.2. The molecule has 6 nitrogen and oxygen atoms in total. The molecule has 0 saturated heterocycles. The summed E-state index contributed by atoms with van der Waals surface area (Å²) in [6.45, 7) is 1.61. The minimum absolute atomic E-state index is 0.175. The summed E-state index contributed by atoms with van der Waals surface area (Å²) in [5.74, 6) is 0.380. The Hall–Kier alpha value is -2.52. The SMILES string of the molecule is COc1cc(Cl)c(C)cc1-n1ccn(CC#N)c(=O)c1=O. The molecule has 0 spiro atoms.